The lowest BCUT2D eigenvalue weighted by Gasteiger charge is -2.17. The fraction of sp³-hybridized carbons (Fsp3) is 0.500. The van der Waals surface area contributed by atoms with Gasteiger partial charge >= 0.3 is 0 Å². The Labute approximate surface area is 89.1 Å². The molecule has 0 saturated heterocycles. The van der Waals surface area contributed by atoms with Crippen molar-refractivity contribution in [3.63, 3.8) is 0 Å². The van der Waals surface area contributed by atoms with Gasteiger partial charge in [-0.2, -0.15) is 0 Å². The van der Waals surface area contributed by atoms with Gasteiger partial charge in [0.1, 0.15) is 5.82 Å². The molecule has 0 amide bonds. The molecule has 0 aromatic heterocycles. The van der Waals surface area contributed by atoms with E-state index in [9.17, 15) is 4.39 Å². The number of benzene rings is 1. The highest BCUT2D eigenvalue weighted by atomic mass is 35.5. The van der Waals surface area contributed by atoms with E-state index in [0.29, 0.717) is 0 Å². The minimum atomic E-state index is -0.101. The largest absolute Gasteiger partial charge is 0.207 e. The molecular weight excluding hydrogens is 199 g/mol. The van der Waals surface area contributed by atoms with Crippen molar-refractivity contribution < 1.29 is 4.39 Å². The summed E-state index contributed by atoms with van der Waals surface area (Å²) in [6.45, 7) is 2.01. The van der Waals surface area contributed by atoms with E-state index in [2.05, 4.69) is 0 Å². The molecule has 0 nitrogen and oxygen atoms in total. The molecule has 2 rings (SSSR count). The minimum Gasteiger partial charge on any atom is -0.207 e. The number of rotatable bonds is 3. The topological polar surface area (TPSA) is 0 Å². The molecule has 0 bridgehead atoms. The lowest BCUT2D eigenvalue weighted by Crippen LogP contribution is -2.16. The molecule has 1 unspecified atom stereocenters. The first-order chi connectivity index (χ1) is 6.64. The Balaban J connectivity index is 2.15. The lowest BCUT2D eigenvalue weighted by atomic mass is 9.93. The molecule has 1 fully saturated rings. The lowest BCUT2D eigenvalue weighted by molar-refractivity contribution is 0.480. The summed E-state index contributed by atoms with van der Waals surface area (Å²) in [5, 5.41) is 0.141. The van der Waals surface area contributed by atoms with Crippen molar-refractivity contribution in [1.82, 2.24) is 0 Å². The van der Waals surface area contributed by atoms with Gasteiger partial charge in [0.25, 0.3) is 0 Å². The maximum atomic E-state index is 13.4. The number of hydrogen-bond donors (Lipinski definition) is 0. The average Bonchev–Trinajstić information content (AvgIpc) is 2.90. The van der Waals surface area contributed by atoms with Crippen molar-refractivity contribution in [2.45, 2.75) is 31.6 Å². The van der Waals surface area contributed by atoms with Crippen LogP contribution in [0.2, 0.25) is 0 Å². The van der Waals surface area contributed by atoms with Crippen LogP contribution >= 0.6 is 11.6 Å². The Kier molecular flexibility index (Phi) is 2.52. The average molecular weight is 213 g/mol. The molecule has 1 atom stereocenters. The van der Waals surface area contributed by atoms with E-state index < -0.39 is 0 Å². The van der Waals surface area contributed by atoms with Crippen molar-refractivity contribution >= 4 is 11.6 Å². The summed E-state index contributed by atoms with van der Waals surface area (Å²) in [6, 6.07) is 6.98. The van der Waals surface area contributed by atoms with Crippen LogP contribution in [-0.4, -0.2) is 5.38 Å². The van der Waals surface area contributed by atoms with E-state index in [4.69, 9.17) is 11.6 Å². The summed E-state index contributed by atoms with van der Waals surface area (Å²) in [5.74, 6) is -0.101. The molecule has 76 valence electrons. The minimum absolute atomic E-state index is 0.101. The Morgan fingerprint density at radius 1 is 1.43 bits per heavy atom. The monoisotopic (exact) mass is 212 g/mol. The highest BCUT2D eigenvalue weighted by Crippen LogP contribution is 2.53. The molecule has 1 aliphatic carbocycles. The third-order valence-electron chi connectivity index (χ3n) is 3.24. The third-order valence-corrected chi connectivity index (χ3v) is 3.70. The first-order valence-corrected chi connectivity index (χ1v) is 5.45. The summed E-state index contributed by atoms with van der Waals surface area (Å²) < 4.78 is 13.4. The third kappa shape index (κ3) is 1.78. The van der Waals surface area contributed by atoms with E-state index in [1.165, 1.54) is 6.07 Å². The van der Waals surface area contributed by atoms with E-state index in [0.717, 1.165) is 24.8 Å². The van der Waals surface area contributed by atoms with Crippen LogP contribution < -0.4 is 0 Å². The Morgan fingerprint density at radius 3 is 2.57 bits per heavy atom. The smallest absolute Gasteiger partial charge is 0.126 e. The van der Waals surface area contributed by atoms with Crippen LogP contribution in [0.3, 0.4) is 0 Å². The van der Waals surface area contributed by atoms with E-state index in [-0.39, 0.29) is 16.6 Å². The normalized spacial score (nSPS) is 20.5. The van der Waals surface area contributed by atoms with Crippen LogP contribution in [-0.2, 0) is 6.42 Å². The summed E-state index contributed by atoms with van der Waals surface area (Å²) in [7, 11) is 0. The van der Waals surface area contributed by atoms with Crippen molar-refractivity contribution in [3.05, 3.63) is 35.6 Å². The van der Waals surface area contributed by atoms with Crippen molar-refractivity contribution in [2.75, 3.05) is 0 Å². The second-order valence-electron chi connectivity index (χ2n) is 4.25. The Hall–Kier alpha value is -0.560. The van der Waals surface area contributed by atoms with Crippen molar-refractivity contribution in [3.8, 4) is 0 Å². The zero-order valence-corrected chi connectivity index (χ0v) is 9.02. The second kappa shape index (κ2) is 3.54. The van der Waals surface area contributed by atoms with E-state index >= 15 is 0 Å². The Bertz CT molecular complexity index is 329. The fourth-order valence-electron chi connectivity index (χ4n) is 1.90. The predicted octanol–water partition coefficient (Wildman–Crippen LogP) is 3.78. The molecule has 1 aromatic rings. The summed E-state index contributed by atoms with van der Waals surface area (Å²) in [5.41, 5.74) is 0.974. The summed E-state index contributed by atoms with van der Waals surface area (Å²) in [6.07, 6.45) is 3.04. The number of halogens is 2. The van der Waals surface area contributed by atoms with Crippen LogP contribution in [0.4, 0.5) is 4.39 Å². The predicted molar refractivity (Wildman–Crippen MR) is 57.1 cm³/mol. The van der Waals surface area contributed by atoms with Crippen molar-refractivity contribution in [1.29, 1.82) is 0 Å². The highest BCUT2D eigenvalue weighted by molar-refractivity contribution is 6.21. The van der Waals surface area contributed by atoms with Crippen LogP contribution in [0.5, 0.6) is 0 Å². The van der Waals surface area contributed by atoms with Gasteiger partial charge in [-0.15, -0.1) is 11.6 Å². The van der Waals surface area contributed by atoms with Crippen LogP contribution in [0.25, 0.3) is 0 Å². The molecule has 1 saturated carbocycles. The summed E-state index contributed by atoms with van der Waals surface area (Å²) >= 11 is 6.11. The maximum absolute atomic E-state index is 13.4. The molecule has 1 aromatic carbocycles. The fourth-order valence-corrected chi connectivity index (χ4v) is 2.19. The number of alkyl halides is 1. The molecule has 0 heterocycles. The van der Waals surface area contributed by atoms with Gasteiger partial charge in [0.05, 0.1) is 0 Å². The first-order valence-electron chi connectivity index (χ1n) is 5.01. The SMILES string of the molecule is CC(Cl)C1(Cc2ccccc2F)CC1. The van der Waals surface area contributed by atoms with E-state index in [1.54, 1.807) is 6.07 Å². The maximum Gasteiger partial charge on any atom is 0.126 e. The van der Waals surface area contributed by atoms with Gasteiger partial charge in [-0.1, -0.05) is 18.2 Å². The standard InChI is InChI=1S/C12H14ClF/c1-9(13)12(6-7-12)8-10-4-2-3-5-11(10)14/h2-5,9H,6-8H2,1H3. The van der Waals surface area contributed by atoms with Gasteiger partial charge in [-0.25, -0.2) is 4.39 Å². The van der Waals surface area contributed by atoms with Crippen LogP contribution in [0.1, 0.15) is 25.3 Å². The molecule has 1 aliphatic rings. The van der Waals surface area contributed by atoms with E-state index in [1.807, 2.05) is 19.1 Å². The molecule has 0 aliphatic heterocycles. The van der Waals surface area contributed by atoms with Gasteiger partial charge in [-0.3, -0.25) is 0 Å². The first kappa shape index (κ1) is 9.97. The molecule has 0 spiro atoms. The molecule has 14 heavy (non-hydrogen) atoms. The number of hydrogen-bond acceptors (Lipinski definition) is 0. The second-order valence-corrected chi connectivity index (χ2v) is 4.90. The molecule has 0 N–H and O–H groups in total. The van der Waals surface area contributed by atoms with Gasteiger partial charge in [0.2, 0.25) is 0 Å². The van der Waals surface area contributed by atoms with Gasteiger partial charge in [0, 0.05) is 5.38 Å². The molecule has 0 radical (unpaired) electrons. The van der Waals surface area contributed by atoms with Crippen LogP contribution in [0, 0.1) is 11.2 Å². The molecular formula is C12H14ClF. The zero-order chi connectivity index (χ0) is 10.2. The zero-order valence-electron chi connectivity index (χ0n) is 8.26. The highest BCUT2D eigenvalue weighted by Gasteiger charge is 2.46. The van der Waals surface area contributed by atoms with Crippen LogP contribution in [0.15, 0.2) is 24.3 Å². The summed E-state index contributed by atoms with van der Waals surface area (Å²) in [4.78, 5) is 0. The van der Waals surface area contributed by atoms with Crippen molar-refractivity contribution in [2.24, 2.45) is 5.41 Å². The van der Waals surface area contributed by atoms with Gasteiger partial charge < -0.3 is 0 Å². The van der Waals surface area contributed by atoms with Gasteiger partial charge in [-0.05, 0) is 43.2 Å². The van der Waals surface area contributed by atoms with Gasteiger partial charge in [0.15, 0.2) is 0 Å². The quantitative estimate of drug-likeness (QED) is 0.669. The Morgan fingerprint density at radius 2 is 2.07 bits per heavy atom. The molecule has 2 heteroatoms.